The lowest BCUT2D eigenvalue weighted by Crippen LogP contribution is -1.82. The second kappa shape index (κ2) is 5.21. The summed E-state index contributed by atoms with van der Waals surface area (Å²) in [6.07, 6.45) is 0. The van der Waals surface area contributed by atoms with Crippen LogP contribution in [0.1, 0.15) is 16.7 Å². The Labute approximate surface area is 105 Å². The first kappa shape index (κ1) is 11.3. The molecule has 80 valence electrons. The highest BCUT2D eigenvalue weighted by Gasteiger charge is 1.95. The Morgan fingerprint density at radius 1 is 0.824 bits per heavy atom. The van der Waals surface area contributed by atoms with Gasteiger partial charge < -0.3 is 0 Å². The van der Waals surface area contributed by atoms with E-state index in [9.17, 15) is 0 Å². The second-order valence-corrected chi connectivity index (χ2v) is 3.85. The Morgan fingerprint density at radius 3 is 2.12 bits per heavy atom. The summed E-state index contributed by atoms with van der Waals surface area (Å²) in [5, 5.41) is 9.60. The van der Waals surface area contributed by atoms with Crippen LogP contribution < -0.4 is 0 Å². The predicted molar refractivity (Wildman–Crippen MR) is 68.6 cm³/mol. The maximum atomic E-state index is 8.92. The van der Waals surface area contributed by atoms with Crippen LogP contribution in [0.3, 0.4) is 0 Å². The summed E-state index contributed by atoms with van der Waals surface area (Å²) in [4.78, 5) is 0. The summed E-state index contributed by atoms with van der Waals surface area (Å²) in [6, 6.07) is 16.7. The SMILES string of the molecule is N#Cc1ccccc1C#Cc1ccc(Cl)cc1. The molecular weight excluding hydrogens is 230 g/mol. The molecule has 0 unspecified atom stereocenters. The minimum atomic E-state index is 0.592. The van der Waals surface area contributed by atoms with Gasteiger partial charge in [-0.05, 0) is 36.4 Å². The van der Waals surface area contributed by atoms with Gasteiger partial charge in [-0.1, -0.05) is 35.6 Å². The zero-order valence-corrected chi connectivity index (χ0v) is 9.70. The molecule has 0 saturated carbocycles. The number of halogens is 1. The fourth-order valence-electron chi connectivity index (χ4n) is 1.36. The van der Waals surface area contributed by atoms with Crippen molar-refractivity contribution >= 4 is 11.6 Å². The zero-order valence-electron chi connectivity index (χ0n) is 8.94. The second-order valence-electron chi connectivity index (χ2n) is 3.41. The van der Waals surface area contributed by atoms with Crippen LogP contribution in [-0.2, 0) is 0 Å². The summed E-state index contributed by atoms with van der Waals surface area (Å²) in [5.41, 5.74) is 2.21. The first-order valence-electron chi connectivity index (χ1n) is 5.06. The average molecular weight is 238 g/mol. The predicted octanol–water partition coefficient (Wildman–Crippen LogP) is 3.61. The highest BCUT2D eigenvalue weighted by Crippen LogP contribution is 2.09. The highest BCUT2D eigenvalue weighted by molar-refractivity contribution is 6.30. The summed E-state index contributed by atoms with van der Waals surface area (Å²) in [7, 11) is 0. The van der Waals surface area contributed by atoms with Crippen molar-refractivity contribution in [2.75, 3.05) is 0 Å². The van der Waals surface area contributed by atoms with Gasteiger partial charge in [-0.15, -0.1) is 0 Å². The first-order valence-corrected chi connectivity index (χ1v) is 5.44. The lowest BCUT2D eigenvalue weighted by molar-refractivity contribution is 1.47. The van der Waals surface area contributed by atoms with Gasteiger partial charge in [-0.3, -0.25) is 0 Å². The number of benzene rings is 2. The summed E-state index contributed by atoms with van der Waals surface area (Å²) in [6.45, 7) is 0. The number of hydrogen-bond donors (Lipinski definition) is 0. The van der Waals surface area contributed by atoms with E-state index in [2.05, 4.69) is 17.9 Å². The van der Waals surface area contributed by atoms with Crippen LogP contribution >= 0.6 is 11.6 Å². The minimum Gasteiger partial charge on any atom is -0.192 e. The van der Waals surface area contributed by atoms with Crippen molar-refractivity contribution < 1.29 is 0 Å². The van der Waals surface area contributed by atoms with Crippen LogP contribution in [-0.4, -0.2) is 0 Å². The Balaban J connectivity index is 2.33. The molecule has 0 aliphatic carbocycles. The minimum absolute atomic E-state index is 0.592. The molecule has 0 radical (unpaired) electrons. The molecule has 2 aromatic carbocycles. The number of hydrogen-bond acceptors (Lipinski definition) is 1. The van der Waals surface area contributed by atoms with Gasteiger partial charge in [0.2, 0.25) is 0 Å². The van der Waals surface area contributed by atoms with Crippen molar-refractivity contribution in [3.05, 3.63) is 70.2 Å². The van der Waals surface area contributed by atoms with Crippen LogP contribution in [0.15, 0.2) is 48.5 Å². The Hall–Kier alpha value is -2.22. The van der Waals surface area contributed by atoms with Gasteiger partial charge in [0, 0.05) is 16.1 Å². The number of nitriles is 1. The Morgan fingerprint density at radius 2 is 1.47 bits per heavy atom. The summed E-state index contributed by atoms with van der Waals surface area (Å²) < 4.78 is 0. The lowest BCUT2D eigenvalue weighted by atomic mass is 10.1. The van der Waals surface area contributed by atoms with Crippen LogP contribution in [0, 0.1) is 23.2 Å². The third kappa shape index (κ3) is 2.88. The van der Waals surface area contributed by atoms with Crippen molar-refractivity contribution in [2.45, 2.75) is 0 Å². The molecule has 0 atom stereocenters. The van der Waals surface area contributed by atoms with Crippen molar-refractivity contribution in [1.29, 1.82) is 5.26 Å². The zero-order chi connectivity index (χ0) is 12.1. The number of rotatable bonds is 0. The lowest BCUT2D eigenvalue weighted by Gasteiger charge is -1.93. The van der Waals surface area contributed by atoms with E-state index in [1.165, 1.54) is 0 Å². The molecule has 0 fully saturated rings. The highest BCUT2D eigenvalue weighted by atomic mass is 35.5. The van der Waals surface area contributed by atoms with Gasteiger partial charge in [0.05, 0.1) is 5.56 Å². The number of nitrogens with zero attached hydrogens (tertiary/aromatic N) is 1. The molecule has 17 heavy (non-hydrogen) atoms. The van der Waals surface area contributed by atoms with E-state index in [1.54, 1.807) is 18.2 Å². The molecule has 0 spiro atoms. The Bertz CT molecular complexity index is 624. The monoisotopic (exact) mass is 237 g/mol. The normalized spacial score (nSPS) is 8.94. The fraction of sp³-hybridized carbons (Fsp3) is 0. The van der Waals surface area contributed by atoms with E-state index in [0.717, 1.165) is 11.1 Å². The van der Waals surface area contributed by atoms with E-state index < -0.39 is 0 Å². The van der Waals surface area contributed by atoms with E-state index >= 15 is 0 Å². The molecule has 0 bridgehead atoms. The molecule has 0 saturated heterocycles. The first-order chi connectivity index (χ1) is 8.29. The molecule has 0 amide bonds. The largest absolute Gasteiger partial charge is 0.192 e. The molecule has 0 N–H and O–H groups in total. The van der Waals surface area contributed by atoms with Gasteiger partial charge in [-0.25, -0.2) is 0 Å². The third-order valence-electron chi connectivity index (χ3n) is 2.23. The van der Waals surface area contributed by atoms with Gasteiger partial charge in [0.15, 0.2) is 0 Å². The maximum Gasteiger partial charge on any atom is 0.100 e. The molecular formula is C15H8ClN. The molecule has 2 heteroatoms. The van der Waals surface area contributed by atoms with Crippen molar-refractivity contribution in [2.24, 2.45) is 0 Å². The Kier molecular flexibility index (Phi) is 3.46. The maximum absolute atomic E-state index is 8.92. The molecule has 1 nitrogen and oxygen atoms in total. The van der Waals surface area contributed by atoms with Crippen LogP contribution in [0.2, 0.25) is 5.02 Å². The van der Waals surface area contributed by atoms with Crippen molar-refractivity contribution in [1.82, 2.24) is 0 Å². The molecule has 0 heterocycles. The topological polar surface area (TPSA) is 23.8 Å². The van der Waals surface area contributed by atoms with Crippen LogP contribution in [0.5, 0.6) is 0 Å². The summed E-state index contributed by atoms with van der Waals surface area (Å²) in [5.74, 6) is 5.99. The third-order valence-corrected chi connectivity index (χ3v) is 2.49. The molecule has 0 aliphatic rings. The van der Waals surface area contributed by atoms with E-state index in [0.29, 0.717) is 10.6 Å². The van der Waals surface area contributed by atoms with Gasteiger partial charge in [-0.2, -0.15) is 5.26 Å². The van der Waals surface area contributed by atoms with Gasteiger partial charge >= 0.3 is 0 Å². The van der Waals surface area contributed by atoms with E-state index in [-0.39, 0.29) is 0 Å². The molecule has 0 aromatic heterocycles. The summed E-state index contributed by atoms with van der Waals surface area (Å²) >= 11 is 5.79. The van der Waals surface area contributed by atoms with Crippen LogP contribution in [0.25, 0.3) is 0 Å². The van der Waals surface area contributed by atoms with Crippen molar-refractivity contribution in [3.63, 3.8) is 0 Å². The average Bonchev–Trinajstić information content (AvgIpc) is 2.38. The molecule has 2 rings (SSSR count). The van der Waals surface area contributed by atoms with E-state index in [1.807, 2.05) is 30.3 Å². The van der Waals surface area contributed by atoms with E-state index in [4.69, 9.17) is 16.9 Å². The standard InChI is InChI=1S/C15H8ClN/c16-15-9-6-12(7-10-15)5-8-13-3-1-2-4-14(13)11-17/h1-4,6-7,9-10H. The molecule has 2 aromatic rings. The van der Waals surface area contributed by atoms with Gasteiger partial charge in [0.1, 0.15) is 6.07 Å². The van der Waals surface area contributed by atoms with Crippen molar-refractivity contribution in [3.8, 4) is 17.9 Å². The fourth-order valence-corrected chi connectivity index (χ4v) is 1.49. The van der Waals surface area contributed by atoms with Gasteiger partial charge in [0.25, 0.3) is 0 Å². The molecule has 0 aliphatic heterocycles. The van der Waals surface area contributed by atoms with Crippen LogP contribution in [0.4, 0.5) is 0 Å². The quantitative estimate of drug-likeness (QED) is 0.642. The smallest absolute Gasteiger partial charge is 0.100 e.